The maximum absolute atomic E-state index is 11.5. The van der Waals surface area contributed by atoms with E-state index in [1.165, 1.54) is 12.2 Å². The SMILES string of the molecule is O=c1[nH]c(C=Cc2cc(Br)cc(I)c2O)c([N+](=O)[O-])c(=O)[nH]1. The molecular weight excluding hydrogens is 473 g/mol. The van der Waals surface area contributed by atoms with Crippen molar-refractivity contribution >= 4 is 56.4 Å². The zero-order valence-electron chi connectivity index (χ0n) is 10.6. The van der Waals surface area contributed by atoms with Gasteiger partial charge in [0.1, 0.15) is 11.4 Å². The third-order valence-electron chi connectivity index (χ3n) is 2.62. The van der Waals surface area contributed by atoms with Crippen molar-refractivity contribution in [3.63, 3.8) is 0 Å². The van der Waals surface area contributed by atoms with E-state index in [-0.39, 0.29) is 11.4 Å². The Bertz CT molecular complexity index is 903. The standard InChI is InChI=1S/C12H7BrIN3O5/c13-6-3-5(10(18)7(14)4-6)1-2-8-9(17(21)22)11(19)16-12(20)15-8/h1-4,18H,(H2,15,16,19,20). The molecule has 2 rings (SSSR count). The van der Waals surface area contributed by atoms with Crippen LogP contribution >= 0.6 is 38.5 Å². The molecule has 0 aliphatic carbocycles. The summed E-state index contributed by atoms with van der Waals surface area (Å²) >= 11 is 5.19. The first-order chi connectivity index (χ1) is 10.3. The van der Waals surface area contributed by atoms with Gasteiger partial charge in [-0.2, -0.15) is 0 Å². The van der Waals surface area contributed by atoms with E-state index in [1.54, 1.807) is 17.1 Å². The minimum Gasteiger partial charge on any atom is -0.506 e. The van der Waals surface area contributed by atoms with Crippen molar-refractivity contribution in [3.05, 3.63) is 62.4 Å². The van der Waals surface area contributed by atoms with Crippen molar-refractivity contribution in [1.29, 1.82) is 0 Å². The minimum atomic E-state index is -1.10. The van der Waals surface area contributed by atoms with Crippen LogP contribution in [0.5, 0.6) is 5.75 Å². The van der Waals surface area contributed by atoms with Gasteiger partial charge in [0.05, 0.1) is 8.49 Å². The topological polar surface area (TPSA) is 129 Å². The summed E-state index contributed by atoms with van der Waals surface area (Å²) in [7, 11) is 0. The molecule has 0 radical (unpaired) electrons. The van der Waals surface area contributed by atoms with Crippen molar-refractivity contribution in [1.82, 2.24) is 9.97 Å². The summed E-state index contributed by atoms with van der Waals surface area (Å²) in [4.78, 5) is 36.7. The molecule has 114 valence electrons. The van der Waals surface area contributed by atoms with Gasteiger partial charge in [0, 0.05) is 10.0 Å². The van der Waals surface area contributed by atoms with Crippen LogP contribution in [0.3, 0.4) is 0 Å². The lowest BCUT2D eigenvalue weighted by atomic mass is 10.1. The molecule has 0 amide bonds. The van der Waals surface area contributed by atoms with Crippen LogP contribution in [0.1, 0.15) is 11.3 Å². The highest BCUT2D eigenvalue weighted by atomic mass is 127. The molecular formula is C12H7BrIN3O5. The lowest BCUT2D eigenvalue weighted by Gasteiger charge is -2.03. The van der Waals surface area contributed by atoms with E-state index < -0.39 is 21.9 Å². The van der Waals surface area contributed by atoms with Gasteiger partial charge >= 0.3 is 16.9 Å². The predicted molar refractivity (Wildman–Crippen MR) is 91.8 cm³/mol. The number of H-pyrrole nitrogens is 2. The first-order valence-electron chi connectivity index (χ1n) is 5.66. The number of aromatic nitrogens is 2. The average Bonchev–Trinajstić information content (AvgIpc) is 2.39. The molecule has 1 aromatic heterocycles. The van der Waals surface area contributed by atoms with Crippen molar-refractivity contribution in [2.45, 2.75) is 0 Å². The maximum atomic E-state index is 11.5. The van der Waals surface area contributed by atoms with Crippen molar-refractivity contribution in [2.75, 3.05) is 0 Å². The molecule has 0 bridgehead atoms. The number of hydrogen-bond donors (Lipinski definition) is 3. The second kappa shape index (κ2) is 6.44. The predicted octanol–water partition coefficient (Wildman–Crippen LogP) is 2.21. The zero-order valence-corrected chi connectivity index (χ0v) is 14.3. The van der Waals surface area contributed by atoms with Gasteiger partial charge in [0.25, 0.3) is 0 Å². The van der Waals surface area contributed by atoms with Crippen molar-refractivity contribution < 1.29 is 10.0 Å². The summed E-state index contributed by atoms with van der Waals surface area (Å²) in [6.07, 6.45) is 2.55. The number of phenols is 1. The maximum Gasteiger partial charge on any atom is 0.357 e. The van der Waals surface area contributed by atoms with E-state index in [2.05, 4.69) is 20.9 Å². The van der Waals surface area contributed by atoms with Crippen molar-refractivity contribution in [2.24, 2.45) is 0 Å². The summed E-state index contributed by atoms with van der Waals surface area (Å²) < 4.78 is 1.27. The molecule has 3 N–H and O–H groups in total. The molecule has 0 aliphatic heterocycles. The molecule has 0 spiro atoms. The molecule has 2 aromatic rings. The molecule has 22 heavy (non-hydrogen) atoms. The number of halogens is 2. The summed E-state index contributed by atoms with van der Waals surface area (Å²) in [6.45, 7) is 0. The quantitative estimate of drug-likeness (QED) is 0.353. The lowest BCUT2D eigenvalue weighted by molar-refractivity contribution is -0.386. The van der Waals surface area contributed by atoms with Crippen molar-refractivity contribution in [3.8, 4) is 5.75 Å². The minimum absolute atomic E-state index is 0.0186. The highest BCUT2D eigenvalue weighted by Crippen LogP contribution is 2.30. The Morgan fingerprint density at radius 3 is 2.59 bits per heavy atom. The number of nitro groups is 1. The van der Waals surface area contributed by atoms with Gasteiger partial charge in [-0.3, -0.25) is 19.9 Å². The average molecular weight is 480 g/mol. The Kier molecular flexibility index (Phi) is 4.81. The fourth-order valence-corrected chi connectivity index (χ4v) is 3.24. The molecule has 8 nitrogen and oxygen atoms in total. The van der Waals surface area contributed by atoms with Crippen LogP contribution in [0.4, 0.5) is 5.69 Å². The summed E-state index contributed by atoms with van der Waals surface area (Å²) in [6, 6.07) is 3.27. The number of phenolic OH excluding ortho intramolecular Hbond substituents is 1. The van der Waals surface area contributed by atoms with Crippen LogP contribution in [0.25, 0.3) is 12.2 Å². The Morgan fingerprint density at radius 2 is 1.95 bits per heavy atom. The van der Waals surface area contributed by atoms with E-state index in [1.807, 2.05) is 22.6 Å². The largest absolute Gasteiger partial charge is 0.506 e. The van der Waals surface area contributed by atoms with E-state index >= 15 is 0 Å². The monoisotopic (exact) mass is 479 g/mol. The third kappa shape index (κ3) is 3.44. The van der Waals surface area contributed by atoms with Gasteiger partial charge in [-0.1, -0.05) is 15.9 Å². The number of hydrogen-bond acceptors (Lipinski definition) is 5. The second-order valence-corrected chi connectivity index (χ2v) is 6.16. The molecule has 1 aromatic carbocycles. The molecule has 0 saturated heterocycles. The van der Waals surface area contributed by atoms with Gasteiger partial charge < -0.3 is 10.1 Å². The van der Waals surface area contributed by atoms with Crippen LogP contribution in [0.2, 0.25) is 0 Å². The van der Waals surface area contributed by atoms with E-state index in [4.69, 9.17) is 0 Å². The van der Waals surface area contributed by atoms with Gasteiger partial charge in [-0.15, -0.1) is 0 Å². The summed E-state index contributed by atoms with van der Waals surface area (Å²) in [5.41, 5.74) is -2.62. The fourth-order valence-electron chi connectivity index (χ4n) is 1.69. The molecule has 0 unspecified atom stereocenters. The lowest BCUT2D eigenvalue weighted by Crippen LogP contribution is -2.25. The molecule has 0 atom stereocenters. The normalized spacial score (nSPS) is 11.0. The smallest absolute Gasteiger partial charge is 0.357 e. The molecule has 10 heteroatoms. The number of aromatic amines is 2. The first kappa shape index (κ1) is 16.4. The highest BCUT2D eigenvalue weighted by Gasteiger charge is 2.19. The number of nitrogens with one attached hydrogen (secondary N) is 2. The van der Waals surface area contributed by atoms with Crippen LogP contribution < -0.4 is 11.2 Å². The van der Waals surface area contributed by atoms with Crippen LogP contribution in [0, 0.1) is 13.7 Å². The zero-order chi connectivity index (χ0) is 16.4. The summed E-state index contributed by atoms with van der Waals surface area (Å²) in [5.74, 6) is -0.0186. The van der Waals surface area contributed by atoms with Crippen LogP contribution in [0.15, 0.2) is 26.2 Å². The Morgan fingerprint density at radius 1 is 1.27 bits per heavy atom. The second-order valence-electron chi connectivity index (χ2n) is 4.09. The number of aromatic hydroxyl groups is 1. The first-order valence-corrected chi connectivity index (χ1v) is 7.54. The van der Waals surface area contributed by atoms with Gasteiger partial charge in [0.2, 0.25) is 0 Å². The van der Waals surface area contributed by atoms with Crippen LogP contribution in [-0.2, 0) is 0 Å². The van der Waals surface area contributed by atoms with E-state index in [9.17, 15) is 24.8 Å². The molecule has 0 aliphatic rings. The molecule has 1 heterocycles. The Labute approximate surface area is 144 Å². The van der Waals surface area contributed by atoms with Gasteiger partial charge in [-0.25, -0.2) is 4.79 Å². The fraction of sp³-hybridized carbons (Fsp3) is 0. The molecule has 0 saturated carbocycles. The number of nitrogens with zero attached hydrogens (tertiary/aromatic N) is 1. The highest BCUT2D eigenvalue weighted by molar-refractivity contribution is 14.1. The van der Waals surface area contributed by atoms with E-state index in [0.29, 0.717) is 13.6 Å². The molecule has 0 fully saturated rings. The van der Waals surface area contributed by atoms with Gasteiger partial charge in [-0.05, 0) is 46.9 Å². The van der Waals surface area contributed by atoms with E-state index in [0.717, 1.165) is 0 Å². The van der Waals surface area contributed by atoms with Gasteiger partial charge in [0.15, 0.2) is 0 Å². The number of rotatable bonds is 3. The van der Waals surface area contributed by atoms with Crippen LogP contribution in [-0.4, -0.2) is 20.0 Å². The number of benzene rings is 1. The Balaban J connectivity index is 2.59. The summed E-state index contributed by atoms with van der Waals surface area (Å²) in [5, 5.41) is 20.8. The Hall–Kier alpha value is -1.95. The third-order valence-corrected chi connectivity index (χ3v) is 3.90.